The lowest BCUT2D eigenvalue weighted by molar-refractivity contribution is 0.495. The molecule has 1 heterocycles. The molecule has 1 aromatic rings. The molecule has 1 rings (SSSR count). The third kappa shape index (κ3) is 7.34. The van der Waals surface area contributed by atoms with Crippen molar-refractivity contribution in [3.05, 3.63) is 30.1 Å². The van der Waals surface area contributed by atoms with Crippen molar-refractivity contribution in [3.63, 3.8) is 0 Å². The number of nitrogens with zero attached hydrogens (tertiary/aromatic N) is 1. The van der Waals surface area contributed by atoms with E-state index < -0.39 is 0 Å². The molecule has 0 N–H and O–H groups in total. The minimum Gasteiger partial charge on any atom is -0.264 e. The predicted octanol–water partition coefficient (Wildman–Crippen LogP) is 6.11. The molecule has 0 aromatic carbocycles. The number of aromatic nitrogens is 1. The largest absolute Gasteiger partial charge is 0.264 e. The van der Waals surface area contributed by atoms with Crippen LogP contribution in [0.2, 0.25) is 0 Å². The lowest BCUT2D eigenvalue weighted by Crippen LogP contribution is -2.00. The van der Waals surface area contributed by atoms with Crippen LogP contribution >= 0.6 is 0 Å². The standard InChI is InChI=1S/C18H31N/c1-3-5-7-9-12-17(13-10-8-6-4-2)18-14-11-15-19-16-18/h11,14-17H,3-10,12-13H2,1-2H3. The number of pyridine rings is 1. The fraction of sp³-hybridized carbons (Fsp3) is 0.722. The summed E-state index contributed by atoms with van der Waals surface area (Å²) in [6.07, 6.45) is 17.6. The molecule has 108 valence electrons. The van der Waals surface area contributed by atoms with Gasteiger partial charge in [0.1, 0.15) is 0 Å². The Bertz CT molecular complexity index is 282. The van der Waals surface area contributed by atoms with Crippen LogP contribution in [0.15, 0.2) is 24.5 Å². The zero-order chi connectivity index (χ0) is 13.8. The van der Waals surface area contributed by atoms with Crippen molar-refractivity contribution in [1.82, 2.24) is 4.98 Å². The zero-order valence-corrected chi connectivity index (χ0v) is 12.9. The number of unbranched alkanes of at least 4 members (excludes halogenated alkanes) is 6. The summed E-state index contributed by atoms with van der Waals surface area (Å²) in [7, 11) is 0. The molecule has 0 aliphatic heterocycles. The quantitative estimate of drug-likeness (QED) is 0.438. The Labute approximate surface area is 119 Å². The van der Waals surface area contributed by atoms with E-state index >= 15 is 0 Å². The first-order valence-corrected chi connectivity index (χ1v) is 8.28. The second-order valence-corrected chi connectivity index (χ2v) is 5.68. The highest BCUT2D eigenvalue weighted by molar-refractivity contribution is 5.14. The van der Waals surface area contributed by atoms with E-state index in [-0.39, 0.29) is 0 Å². The van der Waals surface area contributed by atoms with E-state index in [1.165, 1.54) is 69.8 Å². The Morgan fingerprint density at radius 1 is 0.895 bits per heavy atom. The van der Waals surface area contributed by atoms with Crippen LogP contribution in [0.5, 0.6) is 0 Å². The van der Waals surface area contributed by atoms with Crippen LogP contribution in [0.3, 0.4) is 0 Å². The van der Waals surface area contributed by atoms with Gasteiger partial charge in [-0.1, -0.05) is 71.3 Å². The van der Waals surface area contributed by atoms with Gasteiger partial charge in [0.15, 0.2) is 0 Å². The Morgan fingerprint density at radius 2 is 1.53 bits per heavy atom. The third-order valence-corrected chi connectivity index (χ3v) is 3.97. The van der Waals surface area contributed by atoms with Crippen LogP contribution in [-0.4, -0.2) is 4.98 Å². The summed E-state index contributed by atoms with van der Waals surface area (Å²) in [5.74, 6) is 0.738. The highest BCUT2D eigenvalue weighted by Gasteiger charge is 2.11. The van der Waals surface area contributed by atoms with Crippen LogP contribution in [-0.2, 0) is 0 Å². The van der Waals surface area contributed by atoms with Crippen LogP contribution in [0.1, 0.15) is 89.5 Å². The first-order chi connectivity index (χ1) is 9.38. The van der Waals surface area contributed by atoms with E-state index in [0.717, 1.165) is 5.92 Å². The maximum absolute atomic E-state index is 4.29. The summed E-state index contributed by atoms with van der Waals surface area (Å²) in [5.41, 5.74) is 1.45. The molecule has 0 amide bonds. The predicted molar refractivity (Wildman–Crippen MR) is 84.5 cm³/mol. The Balaban J connectivity index is 2.39. The van der Waals surface area contributed by atoms with Crippen molar-refractivity contribution >= 4 is 0 Å². The van der Waals surface area contributed by atoms with Crippen molar-refractivity contribution < 1.29 is 0 Å². The van der Waals surface area contributed by atoms with Gasteiger partial charge in [-0.2, -0.15) is 0 Å². The van der Waals surface area contributed by atoms with E-state index in [2.05, 4.69) is 37.2 Å². The van der Waals surface area contributed by atoms with E-state index in [9.17, 15) is 0 Å². The molecule has 0 unspecified atom stereocenters. The molecular weight excluding hydrogens is 230 g/mol. The topological polar surface area (TPSA) is 12.9 Å². The molecule has 0 spiro atoms. The molecule has 1 aromatic heterocycles. The summed E-state index contributed by atoms with van der Waals surface area (Å²) < 4.78 is 0. The monoisotopic (exact) mass is 261 g/mol. The maximum Gasteiger partial charge on any atom is 0.0302 e. The smallest absolute Gasteiger partial charge is 0.0302 e. The molecule has 0 aliphatic carbocycles. The molecule has 0 aliphatic rings. The third-order valence-electron chi connectivity index (χ3n) is 3.97. The van der Waals surface area contributed by atoms with Gasteiger partial charge in [-0.15, -0.1) is 0 Å². The summed E-state index contributed by atoms with van der Waals surface area (Å²) in [6, 6.07) is 4.34. The number of rotatable bonds is 11. The average molecular weight is 261 g/mol. The highest BCUT2D eigenvalue weighted by atomic mass is 14.6. The highest BCUT2D eigenvalue weighted by Crippen LogP contribution is 2.27. The first kappa shape index (κ1) is 16.2. The summed E-state index contributed by atoms with van der Waals surface area (Å²) in [6.45, 7) is 4.56. The van der Waals surface area contributed by atoms with Gasteiger partial charge < -0.3 is 0 Å². The fourth-order valence-electron chi connectivity index (χ4n) is 2.73. The van der Waals surface area contributed by atoms with Gasteiger partial charge in [-0.25, -0.2) is 0 Å². The number of hydrogen-bond donors (Lipinski definition) is 0. The average Bonchev–Trinajstić information content (AvgIpc) is 2.46. The summed E-state index contributed by atoms with van der Waals surface area (Å²) in [4.78, 5) is 4.29. The summed E-state index contributed by atoms with van der Waals surface area (Å²) in [5, 5.41) is 0. The lowest BCUT2D eigenvalue weighted by Gasteiger charge is -2.17. The minimum absolute atomic E-state index is 0.738. The van der Waals surface area contributed by atoms with E-state index in [0.29, 0.717) is 0 Å². The van der Waals surface area contributed by atoms with Gasteiger partial charge >= 0.3 is 0 Å². The van der Waals surface area contributed by atoms with E-state index in [1.807, 2.05) is 6.20 Å². The molecular formula is C18H31N. The lowest BCUT2D eigenvalue weighted by atomic mass is 9.89. The molecule has 0 radical (unpaired) electrons. The normalized spacial score (nSPS) is 11.1. The second-order valence-electron chi connectivity index (χ2n) is 5.68. The number of hydrogen-bond acceptors (Lipinski definition) is 1. The Kier molecular flexibility index (Phi) is 9.40. The Morgan fingerprint density at radius 3 is 2.00 bits per heavy atom. The molecule has 0 fully saturated rings. The molecule has 0 saturated heterocycles. The van der Waals surface area contributed by atoms with Gasteiger partial charge in [-0.05, 0) is 30.4 Å². The van der Waals surface area contributed by atoms with Crippen LogP contribution in [0.25, 0.3) is 0 Å². The van der Waals surface area contributed by atoms with E-state index in [4.69, 9.17) is 0 Å². The van der Waals surface area contributed by atoms with Crippen molar-refractivity contribution in [2.24, 2.45) is 0 Å². The van der Waals surface area contributed by atoms with Gasteiger partial charge in [0, 0.05) is 12.4 Å². The van der Waals surface area contributed by atoms with E-state index in [1.54, 1.807) is 0 Å². The zero-order valence-electron chi connectivity index (χ0n) is 12.9. The molecule has 0 saturated carbocycles. The van der Waals surface area contributed by atoms with Crippen molar-refractivity contribution in [2.75, 3.05) is 0 Å². The van der Waals surface area contributed by atoms with Crippen molar-refractivity contribution in [1.29, 1.82) is 0 Å². The SMILES string of the molecule is CCCCCCC(CCCCCC)c1cccnc1. The molecule has 1 heteroatoms. The van der Waals surface area contributed by atoms with Crippen LogP contribution < -0.4 is 0 Å². The molecule has 0 atom stereocenters. The van der Waals surface area contributed by atoms with Crippen molar-refractivity contribution in [3.8, 4) is 0 Å². The first-order valence-electron chi connectivity index (χ1n) is 8.28. The summed E-state index contributed by atoms with van der Waals surface area (Å²) >= 11 is 0. The van der Waals surface area contributed by atoms with Gasteiger partial charge in [0.2, 0.25) is 0 Å². The van der Waals surface area contributed by atoms with Crippen LogP contribution in [0, 0.1) is 0 Å². The Hall–Kier alpha value is -0.850. The van der Waals surface area contributed by atoms with Gasteiger partial charge in [0.05, 0.1) is 0 Å². The second kappa shape index (κ2) is 11.0. The maximum atomic E-state index is 4.29. The van der Waals surface area contributed by atoms with Gasteiger partial charge in [0.25, 0.3) is 0 Å². The fourth-order valence-corrected chi connectivity index (χ4v) is 2.73. The molecule has 0 bridgehead atoms. The van der Waals surface area contributed by atoms with Crippen molar-refractivity contribution in [2.45, 2.75) is 84.0 Å². The minimum atomic E-state index is 0.738. The van der Waals surface area contributed by atoms with Crippen LogP contribution in [0.4, 0.5) is 0 Å². The van der Waals surface area contributed by atoms with Gasteiger partial charge in [-0.3, -0.25) is 4.98 Å². The molecule has 19 heavy (non-hydrogen) atoms. The molecule has 1 nitrogen and oxygen atoms in total.